The molecule has 0 saturated heterocycles. The summed E-state index contributed by atoms with van der Waals surface area (Å²) in [6, 6.07) is 9.29. The van der Waals surface area contributed by atoms with Crippen molar-refractivity contribution >= 4 is 0 Å². The zero-order chi connectivity index (χ0) is 13.2. The van der Waals surface area contributed by atoms with E-state index in [1.54, 1.807) is 12.1 Å². The van der Waals surface area contributed by atoms with Crippen molar-refractivity contribution < 1.29 is 4.74 Å². The van der Waals surface area contributed by atoms with Crippen molar-refractivity contribution in [2.45, 2.75) is 6.42 Å². The van der Waals surface area contributed by atoms with Crippen molar-refractivity contribution in [3.63, 3.8) is 0 Å². The second-order valence-corrected chi connectivity index (χ2v) is 4.25. The number of rotatable bonds is 8. The van der Waals surface area contributed by atoms with Gasteiger partial charge in [0.15, 0.2) is 0 Å². The van der Waals surface area contributed by atoms with Gasteiger partial charge in [0, 0.05) is 6.54 Å². The van der Waals surface area contributed by atoms with Gasteiger partial charge < -0.3 is 15.0 Å². The van der Waals surface area contributed by atoms with Crippen LogP contribution in [0.15, 0.2) is 24.3 Å². The molecule has 0 aliphatic rings. The van der Waals surface area contributed by atoms with Crippen LogP contribution in [0.25, 0.3) is 0 Å². The Kier molecular flexibility index (Phi) is 6.85. The number of hydrogen-bond acceptors (Lipinski definition) is 4. The van der Waals surface area contributed by atoms with Crippen LogP contribution in [0.5, 0.6) is 5.75 Å². The molecule has 0 radical (unpaired) electrons. The minimum Gasteiger partial charge on any atom is -0.492 e. The quantitative estimate of drug-likeness (QED) is 0.707. The van der Waals surface area contributed by atoms with Crippen LogP contribution in [0.2, 0.25) is 0 Å². The van der Waals surface area contributed by atoms with Gasteiger partial charge in [-0.25, -0.2) is 0 Å². The first-order valence-electron chi connectivity index (χ1n) is 6.22. The highest BCUT2D eigenvalue weighted by atomic mass is 16.5. The third-order valence-electron chi connectivity index (χ3n) is 2.69. The Balaban J connectivity index is 2.18. The highest BCUT2D eigenvalue weighted by molar-refractivity contribution is 5.34. The third kappa shape index (κ3) is 5.67. The van der Waals surface area contributed by atoms with Gasteiger partial charge in [-0.15, -0.1) is 0 Å². The maximum Gasteiger partial charge on any atom is 0.119 e. The van der Waals surface area contributed by atoms with Crippen LogP contribution in [0.1, 0.15) is 12.0 Å². The molecule has 0 saturated carbocycles. The molecule has 4 nitrogen and oxygen atoms in total. The molecule has 0 aromatic heterocycles. The SMILES string of the molecule is CNCCCN(C)CCOc1ccc(C#N)cc1. The fourth-order valence-electron chi connectivity index (χ4n) is 1.58. The van der Waals surface area contributed by atoms with Crippen LogP contribution in [0.4, 0.5) is 0 Å². The predicted molar refractivity (Wildman–Crippen MR) is 72.7 cm³/mol. The highest BCUT2D eigenvalue weighted by Gasteiger charge is 1.99. The van der Waals surface area contributed by atoms with E-state index in [1.165, 1.54) is 0 Å². The van der Waals surface area contributed by atoms with Gasteiger partial charge >= 0.3 is 0 Å². The van der Waals surface area contributed by atoms with Gasteiger partial charge in [-0.2, -0.15) is 5.26 Å². The van der Waals surface area contributed by atoms with Crippen molar-refractivity contribution in [1.82, 2.24) is 10.2 Å². The average molecular weight is 247 g/mol. The molecule has 0 bridgehead atoms. The zero-order valence-electron chi connectivity index (χ0n) is 11.1. The Morgan fingerprint density at radius 2 is 2.00 bits per heavy atom. The zero-order valence-corrected chi connectivity index (χ0v) is 11.1. The molecule has 1 aromatic carbocycles. The summed E-state index contributed by atoms with van der Waals surface area (Å²) in [6.45, 7) is 3.68. The summed E-state index contributed by atoms with van der Waals surface area (Å²) in [5.74, 6) is 0.817. The van der Waals surface area contributed by atoms with E-state index >= 15 is 0 Å². The fourth-order valence-corrected chi connectivity index (χ4v) is 1.58. The molecule has 1 aromatic rings. The molecule has 0 aliphatic carbocycles. The smallest absolute Gasteiger partial charge is 0.119 e. The maximum absolute atomic E-state index is 8.68. The lowest BCUT2D eigenvalue weighted by atomic mass is 10.2. The van der Waals surface area contributed by atoms with E-state index in [2.05, 4.69) is 23.3 Å². The highest BCUT2D eigenvalue weighted by Crippen LogP contribution is 2.11. The Hall–Kier alpha value is -1.57. The first-order valence-corrected chi connectivity index (χ1v) is 6.22. The summed E-state index contributed by atoms with van der Waals surface area (Å²) in [4.78, 5) is 2.25. The van der Waals surface area contributed by atoms with Crippen LogP contribution < -0.4 is 10.1 Å². The summed E-state index contributed by atoms with van der Waals surface area (Å²) in [7, 11) is 4.06. The first-order chi connectivity index (χ1) is 8.76. The molecule has 98 valence electrons. The predicted octanol–water partition coefficient (Wildman–Crippen LogP) is 1.48. The van der Waals surface area contributed by atoms with Crippen LogP contribution in [0.3, 0.4) is 0 Å². The van der Waals surface area contributed by atoms with Gasteiger partial charge in [-0.05, 0) is 57.9 Å². The number of nitrogens with one attached hydrogen (secondary N) is 1. The topological polar surface area (TPSA) is 48.3 Å². The average Bonchev–Trinajstić information content (AvgIpc) is 2.40. The minimum absolute atomic E-state index is 0.659. The Morgan fingerprint density at radius 1 is 1.28 bits per heavy atom. The maximum atomic E-state index is 8.68. The Morgan fingerprint density at radius 3 is 2.61 bits per heavy atom. The summed E-state index contributed by atoms with van der Waals surface area (Å²) in [5, 5.41) is 11.8. The Labute approximate surface area is 109 Å². The molecule has 0 heterocycles. The van der Waals surface area contributed by atoms with E-state index in [1.807, 2.05) is 19.2 Å². The fraction of sp³-hybridized carbons (Fsp3) is 0.500. The second kappa shape index (κ2) is 8.51. The van der Waals surface area contributed by atoms with Crippen molar-refractivity contribution in [3.05, 3.63) is 29.8 Å². The minimum atomic E-state index is 0.659. The molecule has 0 amide bonds. The molecule has 18 heavy (non-hydrogen) atoms. The molecular formula is C14H21N3O. The van der Waals surface area contributed by atoms with Crippen LogP contribution in [-0.4, -0.2) is 45.2 Å². The van der Waals surface area contributed by atoms with Gasteiger partial charge in [0.25, 0.3) is 0 Å². The van der Waals surface area contributed by atoms with Gasteiger partial charge in [-0.3, -0.25) is 0 Å². The van der Waals surface area contributed by atoms with E-state index in [0.29, 0.717) is 12.2 Å². The summed E-state index contributed by atoms with van der Waals surface area (Å²) in [6.07, 6.45) is 1.14. The Bertz CT molecular complexity index is 370. The normalized spacial score (nSPS) is 10.3. The molecule has 0 fully saturated rings. The third-order valence-corrected chi connectivity index (χ3v) is 2.69. The monoisotopic (exact) mass is 247 g/mol. The van der Waals surface area contributed by atoms with E-state index in [0.717, 1.165) is 31.8 Å². The lowest BCUT2D eigenvalue weighted by molar-refractivity contribution is 0.236. The molecule has 0 aliphatic heterocycles. The van der Waals surface area contributed by atoms with E-state index in [-0.39, 0.29) is 0 Å². The van der Waals surface area contributed by atoms with Gasteiger partial charge in [0.05, 0.1) is 11.6 Å². The number of likely N-dealkylation sites (N-methyl/N-ethyl adjacent to an activating group) is 1. The number of ether oxygens (including phenoxy) is 1. The van der Waals surface area contributed by atoms with Crippen LogP contribution in [-0.2, 0) is 0 Å². The second-order valence-electron chi connectivity index (χ2n) is 4.25. The van der Waals surface area contributed by atoms with Gasteiger partial charge in [-0.1, -0.05) is 0 Å². The molecule has 1 N–H and O–H groups in total. The number of hydrogen-bond donors (Lipinski definition) is 1. The molecule has 0 atom stereocenters. The van der Waals surface area contributed by atoms with E-state index in [4.69, 9.17) is 10.00 Å². The number of benzene rings is 1. The molecule has 0 unspecified atom stereocenters. The summed E-state index contributed by atoms with van der Waals surface area (Å²) in [5.41, 5.74) is 0.659. The lowest BCUT2D eigenvalue weighted by Gasteiger charge is -2.16. The van der Waals surface area contributed by atoms with Crippen molar-refractivity contribution in [1.29, 1.82) is 5.26 Å². The van der Waals surface area contributed by atoms with Crippen LogP contribution in [0, 0.1) is 11.3 Å². The van der Waals surface area contributed by atoms with E-state index < -0.39 is 0 Å². The van der Waals surface area contributed by atoms with Crippen molar-refractivity contribution in [2.24, 2.45) is 0 Å². The van der Waals surface area contributed by atoms with Crippen molar-refractivity contribution in [2.75, 3.05) is 40.3 Å². The first kappa shape index (κ1) is 14.5. The van der Waals surface area contributed by atoms with Gasteiger partial charge in [0.1, 0.15) is 12.4 Å². The number of nitrogens with zero attached hydrogens (tertiary/aromatic N) is 2. The van der Waals surface area contributed by atoms with Crippen LogP contribution >= 0.6 is 0 Å². The molecule has 4 heteroatoms. The summed E-state index contributed by atoms with van der Waals surface area (Å²) >= 11 is 0. The van der Waals surface area contributed by atoms with Gasteiger partial charge in [0.2, 0.25) is 0 Å². The molecule has 0 spiro atoms. The van der Waals surface area contributed by atoms with E-state index in [9.17, 15) is 0 Å². The lowest BCUT2D eigenvalue weighted by Crippen LogP contribution is -2.27. The van der Waals surface area contributed by atoms with Crippen molar-refractivity contribution in [3.8, 4) is 11.8 Å². The molecule has 1 rings (SSSR count). The number of nitriles is 1. The standard InChI is InChI=1S/C14H21N3O/c1-16-8-3-9-17(2)10-11-18-14-6-4-13(12-15)5-7-14/h4-7,16H,3,8-11H2,1-2H3. The largest absolute Gasteiger partial charge is 0.492 e. The molecular weight excluding hydrogens is 226 g/mol. The summed E-state index contributed by atoms with van der Waals surface area (Å²) < 4.78 is 5.62.